The van der Waals surface area contributed by atoms with Crippen molar-refractivity contribution in [3.8, 4) is 0 Å². The molecule has 0 amide bonds. The van der Waals surface area contributed by atoms with Crippen molar-refractivity contribution in [2.24, 2.45) is 7.05 Å². The summed E-state index contributed by atoms with van der Waals surface area (Å²) in [5.41, 5.74) is 0.986. The zero-order valence-electron chi connectivity index (χ0n) is 14.8. The molecule has 8 heteroatoms. The van der Waals surface area contributed by atoms with Crippen LogP contribution in [0.25, 0.3) is 0 Å². The van der Waals surface area contributed by atoms with Gasteiger partial charge in [0.1, 0.15) is 0 Å². The van der Waals surface area contributed by atoms with Gasteiger partial charge in [0, 0.05) is 57.1 Å². The van der Waals surface area contributed by atoms with Crippen LogP contribution >= 0.6 is 0 Å². The van der Waals surface area contributed by atoms with Crippen LogP contribution in [0.5, 0.6) is 0 Å². The number of aryl methyl sites for hydroxylation is 1. The van der Waals surface area contributed by atoms with E-state index in [1.807, 2.05) is 24.1 Å². The maximum absolute atomic E-state index is 12.4. The second-order valence-electron chi connectivity index (χ2n) is 7.23. The number of nitrogens with zero attached hydrogens (tertiary/aromatic N) is 4. The maximum Gasteiger partial charge on any atom is 0.212 e. The molecular weight excluding hydrogens is 328 g/mol. The second kappa shape index (κ2) is 6.74. The van der Waals surface area contributed by atoms with Crippen LogP contribution in [0.2, 0.25) is 0 Å². The van der Waals surface area contributed by atoms with Crippen molar-refractivity contribution in [3.63, 3.8) is 0 Å². The minimum Gasteiger partial charge on any atom is -0.383 e. The molecule has 2 aliphatic heterocycles. The third-order valence-corrected chi connectivity index (χ3v) is 6.81. The molecule has 2 fully saturated rings. The van der Waals surface area contributed by atoms with Crippen molar-refractivity contribution in [3.05, 3.63) is 18.0 Å². The molecule has 2 saturated heterocycles. The van der Waals surface area contributed by atoms with Gasteiger partial charge in [0.15, 0.2) is 0 Å². The Morgan fingerprint density at radius 1 is 1.33 bits per heavy atom. The van der Waals surface area contributed by atoms with Gasteiger partial charge in [0.25, 0.3) is 0 Å². The van der Waals surface area contributed by atoms with Crippen molar-refractivity contribution in [1.29, 1.82) is 0 Å². The second-order valence-corrected chi connectivity index (χ2v) is 9.09. The number of piperidine rings is 1. The molecule has 1 spiro atoms. The summed E-state index contributed by atoms with van der Waals surface area (Å²) in [5, 5.41) is 4.22. The Balaban J connectivity index is 1.69. The number of methoxy groups -OCH3 is 1. The monoisotopic (exact) mass is 356 g/mol. The predicted molar refractivity (Wildman–Crippen MR) is 92.0 cm³/mol. The Labute approximate surface area is 144 Å². The Morgan fingerprint density at radius 2 is 2.04 bits per heavy atom. The molecule has 24 heavy (non-hydrogen) atoms. The summed E-state index contributed by atoms with van der Waals surface area (Å²) in [6, 6.07) is -0.0186. The summed E-state index contributed by atoms with van der Waals surface area (Å²) < 4.78 is 33.7. The van der Waals surface area contributed by atoms with E-state index < -0.39 is 10.0 Å². The lowest BCUT2D eigenvalue weighted by atomic mass is 9.86. The zero-order chi connectivity index (χ0) is 17.4. The summed E-state index contributed by atoms with van der Waals surface area (Å²) in [7, 11) is 0.331. The van der Waals surface area contributed by atoms with E-state index in [0.717, 1.165) is 45.3 Å². The Hall–Kier alpha value is -0.960. The van der Waals surface area contributed by atoms with Gasteiger partial charge in [-0.05, 0) is 25.7 Å². The minimum absolute atomic E-state index is 0.0186. The average molecular weight is 356 g/mol. The Morgan fingerprint density at radius 3 is 2.58 bits per heavy atom. The van der Waals surface area contributed by atoms with Crippen molar-refractivity contribution >= 4 is 10.0 Å². The fourth-order valence-corrected chi connectivity index (χ4v) is 6.11. The Kier molecular flexibility index (Phi) is 5.01. The standard InChI is InChI=1S/C16H28N4O3S/c1-18-11-14(10-17-18)12-19-8-6-16(7-9-19)5-4-15(13-23-2)20(16)24(3,21)22/h10-11,15H,4-9,12-13H2,1-3H3/t15-/m1/s1. The highest BCUT2D eigenvalue weighted by molar-refractivity contribution is 7.88. The lowest BCUT2D eigenvalue weighted by molar-refractivity contribution is 0.0658. The molecule has 2 aliphatic rings. The molecule has 0 aromatic carbocycles. The van der Waals surface area contributed by atoms with Crippen LogP contribution in [-0.4, -0.2) is 72.0 Å². The van der Waals surface area contributed by atoms with E-state index >= 15 is 0 Å². The van der Waals surface area contributed by atoms with E-state index in [4.69, 9.17) is 4.74 Å². The number of rotatable bonds is 5. The summed E-state index contributed by atoms with van der Waals surface area (Å²) in [6.07, 6.45) is 8.89. The van der Waals surface area contributed by atoms with Crippen LogP contribution in [0.15, 0.2) is 12.4 Å². The normalized spacial score (nSPS) is 25.5. The SMILES string of the molecule is COC[C@H]1CCC2(CCN(Cc3cnn(C)c3)CC2)N1S(C)(=O)=O. The first-order valence-corrected chi connectivity index (χ1v) is 10.4. The number of hydrogen-bond donors (Lipinski definition) is 0. The number of hydrogen-bond acceptors (Lipinski definition) is 5. The van der Waals surface area contributed by atoms with Crippen LogP contribution in [0, 0.1) is 0 Å². The van der Waals surface area contributed by atoms with Gasteiger partial charge in [-0.2, -0.15) is 9.40 Å². The quantitative estimate of drug-likeness (QED) is 0.782. The van der Waals surface area contributed by atoms with E-state index in [2.05, 4.69) is 10.00 Å². The fourth-order valence-electron chi connectivity index (χ4n) is 4.43. The molecule has 1 atom stereocenters. The molecule has 136 valence electrons. The number of sulfonamides is 1. The van der Waals surface area contributed by atoms with Crippen molar-refractivity contribution in [1.82, 2.24) is 19.0 Å². The number of likely N-dealkylation sites (tertiary alicyclic amines) is 1. The molecule has 0 radical (unpaired) electrons. The molecule has 1 aromatic heterocycles. The number of aromatic nitrogens is 2. The topological polar surface area (TPSA) is 67.7 Å². The van der Waals surface area contributed by atoms with Gasteiger partial charge < -0.3 is 4.74 Å². The highest BCUT2D eigenvalue weighted by Gasteiger charge is 2.51. The third kappa shape index (κ3) is 3.51. The van der Waals surface area contributed by atoms with E-state index in [-0.39, 0.29) is 11.6 Å². The highest BCUT2D eigenvalue weighted by atomic mass is 32.2. The van der Waals surface area contributed by atoms with Gasteiger partial charge >= 0.3 is 0 Å². The van der Waals surface area contributed by atoms with Gasteiger partial charge in [-0.15, -0.1) is 0 Å². The van der Waals surface area contributed by atoms with Crippen molar-refractivity contribution < 1.29 is 13.2 Å². The molecule has 7 nitrogen and oxygen atoms in total. The van der Waals surface area contributed by atoms with Gasteiger partial charge in [0.05, 0.1) is 19.1 Å². The average Bonchev–Trinajstić information content (AvgIpc) is 3.06. The first-order valence-electron chi connectivity index (χ1n) is 8.52. The Bertz CT molecular complexity index is 665. The third-order valence-electron chi connectivity index (χ3n) is 5.41. The molecule has 0 N–H and O–H groups in total. The largest absolute Gasteiger partial charge is 0.383 e. The van der Waals surface area contributed by atoms with Crippen molar-refractivity contribution in [2.45, 2.75) is 43.8 Å². The predicted octanol–water partition coefficient (Wildman–Crippen LogP) is 0.825. The summed E-state index contributed by atoms with van der Waals surface area (Å²) in [6.45, 7) is 3.19. The molecule has 0 unspecified atom stereocenters. The van der Waals surface area contributed by atoms with Gasteiger partial charge in [-0.25, -0.2) is 8.42 Å². The van der Waals surface area contributed by atoms with Gasteiger partial charge in [-0.3, -0.25) is 9.58 Å². The van der Waals surface area contributed by atoms with Crippen LogP contribution in [0.3, 0.4) is 0 Å². The molecule has 1 aromatic rings. The van der Waals surface area contributed by atoms with Crippen LogP contribution in [0.4, 0.5) is 0 Å². The summed E-state index contributed by atoms with van der Waals surface area (Å²) >= 11 is 0. The fraction of sp³-hybridized carbons (Fsp3) is 0.812. The number of ether oxygens (including phenoxy) is 1. The molecular formula is C16H28N4O3S. The first-order chi connectivity index (χ1) is 11.3. The van der Waals surface area contributed by atoms with Crippen LogP contribution in [-0.2, 0) is 28.4 Å². The van der Waals surface area contributed by atoms with E-state index in [1.54, 1.807) is 11.4 Å². The van der Waals surface area contributed by atoms with E-state index in [9.17, 15) is 8.42 Å². The maximum atomic E-state index is 12.4. The minimum atomic E-state index is -3.23. The lowest BCUT2D eigenvalue weighted by Crippen LogP contribution is -2.56. The van der Waals surface area contributed by atoms with Gasteiger partial charge in [0.2, 0.25) is 10.0 Å². The van der Waals surface area contributed by atoms with Crippen LogP contribution < -0.4 is 0 Å². The highest BCUT2D eigenvalue weighted by Crippen LogP contribution is 2.43. The van der Waals surface area contributed by atoms with Crippen molar-refractivity contribution in [2.75, 3.05) is 33.1 Å². The smallest absolute Gasteiger partial charge is 0.212 e. The van der Waals surface area contributed by atoms with Crippen LogP contribution in [0.1, 0.15) is 31.2 Å². The van der Waals surface area contributed by atoms with Gasteiger partial charge in [-0.1, -0.05) is 0 Å². The van der Waals surface area contributed by atoms with E-state index in [0.29, 0.717) is 6.61 Å². The molecule has 0 aliphatic carbocycles. The molecule has 3 heterocycles. The van der Waals surface area contributed by atoms with E-state index in [1.165, 1.54) is 11.8 Å². The molecule has 0 saturated carbocycles. The summed E-state index contributed by atoms with van der Waals surface area (Å²) in [5.74, 6) is 0. The first kappa shape index (κ1) is 17.8. The molecule has 3 rings (SSSR count). The summed E-state index contributed by atoms with van der Waals surface area (Å²) in [4.78, 5) is 2.40. The lowest BCUT2D eigenvalue weighted by Gasteiger charge is -2.45. The zero-order valence-corrected chi connectivity index (χ0v) is 15.6. The molecule has 0 bridgehead atoms.